The zero-order valence-electron chi connectivity index (χ0n) is 10.2. The van der Waals surface area contributed by atoms with E-state index in [0.29, 0.717) is 17.4 Å². The average molecular weight is 282 g/mol. The zero-order valence-corrected chi connectivity index (χ0v) is 11.7. The molecule has 4 heteroatoms. The van der Waals surface area contributed by atoms with Gasteiger partial charge in [0.05, 0.1) is 0 Å². The van der Waals surface area contributed by atoms with Crippen LogP contribution in [0.5, 0.6) is 0 Å². The lowest BCUT2D eigenvalue weighted by molar-refractivity contribution is 1.11. The molecular weight excluding hydrogens is 269 g/mol. The van der Waals surface area contributed by atoms with Crippen LogP contribution < -0.4 is 5.43 Å². The van der Waals surface area contributed by atoms with Gasteiger partial charge in [0, 0.05) is 22.2 Å². The van der Waals surface area contributed by atoms with Crippen LogP contribution in [0.1, 0.15) is 16.8 Å². The number of nitrogens with one attached hydrogen (secondary N) is 1. The first-order chi connectivity index (χ1) is 8.49. The second kappa shape index (κ2) is 5.17. The van der Waals surface area contributed by atoms with Gasteiger partial charge in [-0.25, -0.2) is 0 Å². The fourth-order valence-corrected chi connectivity index (χ4v) is 2.14. The van der Waals surface area contributed by atoms with Crippen LogP contribution in [0.4, 0.5) is 0 Å². The molecule has 94 valence electrons. The largest absolute Gasteiger partial charge is 0.358 e. The number of pyridine rings is 1. The minimum Gasteiger partial charge on any atom is -0.358 e. The Bertz CT molecular complexity index is 682. The molecule has 0 atom stereocenters. The van der Waals surface area contributed by atoms with E-state index in [1.165, 1.54) is 0 Å². The molecule has 0 bridgehead atoms. The number of rotatable bonds is 2. The summed E-state index contributed by atoms with van der Waals surface area (Å²) in [7, 11) is 0. The van der Waals surface area contributed by atoms with Gasteiger partial charge < -0.3 is 4.98 Å². The van der Waals surface area contributed by atoms with Crippen molar-refractivity contribution in [3.05, 3.63) is 55.8 Å². The van der Waals surface area contributed by atoms with Crippen LogP contribution in [-0.4, -0.2) is 4.98 Å². The van der Waals surface area contributed by atoms with Crippen molar-refractivity contribution in [2.24, 2.45) is 0 Å². The van der Waals surface area contributed by atoms with Crippen LogP contribution in [0, 0.1) is 13.8 Å². The second-order valence-corrected chi connectivity index (χ2v) is 5.31. The van der Waals surface area contributed by atoms with Gasteiger partial charge in [-0.2, -0.15) is 0 Å². The van der Waals surface area contributed by atoms with Crippen LogP contribution in [-0.2, 0) is 6.42 Å². The molecule has 1 aromatic carbocycles. The van der Waals surface area contributed by atoms with E-state index in [1.807, 2.05) is 32.0 Å². The molecule has 0 saturated carbocycles. The minimum atomic E-state index is 0.0378. The maximum Gasteiger partial charge on any atom is 0.193 e. The number of hydrogen-bond donors (Lipinski definition) is 1. The molecule has 0 amide bonds. The Morgan fingerprint density at radius 2 is 2.06 bits per heavy atom. The summed E-state index contributed by atoms with van der Waals surface area (Å²) < 4.78 is 0.179. The predicted molar refractivity (Wildman–Crippen MR) is 77.5 cm³/mol. The molecule has 18 heavy (non-hydrogen) atoms. The fraction of sp³-hybridized carbons (Fsp3) is 0.214. The van der Waals surface area contributed by atoms with Crippen LogP contribution >= 0.6 is 23.2 Å². The highest BCUT2D eigenvalue weighted by molar-refractivity contribution is 6.55. The van der Waals surface area contributed by atoms with Crippen molar-refractivity contribution in [3.63, 3.8) is 0 Å². The first kappa shape index (κ1) is 13.2. The number of aromatic amines is 1. The lowest BCUT2D eigenvalue weighted by Crippen LogP contribution is -2.12. The fourth-order valence-electron chi connectivity index (χ4n) is 1.99. The summed E-state index contributed by atoms with van der Waals surface area (Å²) in [4.78, 5) is 15.6. The molecule has 0 unspecified atom stereocenters. The van der Waals surface area contributed by atoms with Gasteiger partial charge in [-0.3, -0.25) is 4.79 Å². The van der Waals surface area contributed by atoms with Gasteiger partial charge in [0.1, 0.15) is 4.49 Å². The molecule has 1 N–H and O–H groups in total. The number of benzene rings is 1. The molecule has 2 nitrogen and oxygen atoms in total. The van der Waals surface area contributed by atoms with Crippen LogP contribution in [0.3, 0.4) is 0 Å². The first-order valence-electron chi connectivity index (χ1n) is 5.62. The second-order valence-electron chi connectivity index (χ2n) is 4.30. The van der Waals surface area contributed by atoms with Crippen molar-refractivity contribution >= 4 is 34.1 Å². The Morgan fingerprint density at radius 1 is 1.33 bits per heavy atom. The summed E-state index contributed by atoms with van der Waals surface area (Å²) >= 11 is 11.2. The van der Waals surface area contributed by atoms with Crippen molar-refractivity contribution in [2.45, 2.75) is 20.3 Å². The number of aryl methyl sites for hydroxylation is 2. The molecule has 0 fully saturated rings. The molecule has 0 spiro atoms. The van der Waals surface area contributed by atoms with Crippen molar-refractivity contribution in [2.75, 3.05) is 0 Å². The summed E-state index contributed by atoms with van der Waals surface area (Å²) in [6, 6.07) is 5.79. The number of allylic oxidation sites excluding steroid dienone is 1. The number of hydrogen-bond acceptors (Lipinski definition) is 1. The van der Waals surface area contributed by atoms with E-state index >= 15 is 0 Å². The summed E-state index contributed by atoms with van der Waals surface area (Å²) in [5, 5.41) is 0.703. The van der Waals surface area contributed by atoms with Crippen molar-refractivity contribution in [1.29, 1.82) is 0 Å². The van der Waals surface area contributed by atoms with E-state index in [0.717, 1.165) is 16.8 Å². The molecule has 1 aromatic heterocycles. The first-order valence-corrected chi connectivity index (χ1v) is 6.38. The smallest absolute Gasteiger partial charge is 0.193 e. The monoisotopic (exact) mass is 281 g/mol. The van der Waals surface area contributed by atoms with E-state index in [-0.39, 0.29) is 9.92 Å². The maximum atomic E-state index is 12.4. The summed E-state index contributed by atoms with van der Waals surface area (Å²) in [6.45, 7) is 3.85. The minimum absolute atomic E-state index is 0.0378. The summed E-state index contributed by atoms with van der Waals surface area (Å²) in [5.41, 5.74) is 3.51. The van der Waals surface area contributed by atoms with E-state index < -0.39 is 0 Å². The van der Waals surface area contributed by atoms with E-state index in [1.54, 1.807) is 6.08 Å². The normalized spacial score (nSPS) is 10.7. The molecular formula is C14H13Cl2NO. The third kappa shape index (κ3) is 2.60. The van der Waals surface area contributed by atoms with Crippen LogP contribution in [0.25, 0.3) is 10.9 Å². The quantitative estimate of drug-likeness (QED) is 0.887. The van der Waals surface area contributed by atoms with E-state index in [9.17, 15) is 4.79 Å². The van der Waals surface area contributed by atoms with Crippen LogP contribution in [0.2, 0.25) is 0 Å². The Kier molecular flexibility index (Phi) is 3.79. The summed E-state index contributed by atoms with van der Waals surface area (Å²) in [6.07, 6.45) is 2.07. The Morgan fingerprint density at radius 3 is 2.72 bits per heavy atom. The highest BCUT2D eigenvalue weighted by Crippen LogP contribution is 2.15. The van der Waals surface area contributed by atoms with Gasteiger partial charge in [-0.15, -0.1) is 0 Å². The molecule has 0 aliphatic heterocycles. The number of fused-ring (bicyclic) bond motifs is 1. The highest BCUT2D eigenvalue weighted by atomic mass is 35.5. The highest BCUT2D eigenvalue weighted by Gasteiger charge is 2.08. The van der Waals surface area contributed by atoms with Gasteiger partial charge in [0.25, 0.3) is 0 Å². The number of aromatic nitrogens is 1. The van der Waals surface area contributed by atoms with Gasteiger partial charge in [-0.1, -0.05) is 34.8 Å². The van der Waals surface area contributed by atoms with Crippen molar-refractivity contribution in [3.8, 4) is 0 Å². The van der Waals surface area contributed by atoms with Gasteiger partial charge in [-0.05, 0) is 38.5 Å². The summed E-state index contributed by atoms with van der Waals surface area (Å²) in [5.74, 6) is 0. The van der Waals surface area contributed by atoms with E-state index in [2.05, 4.69) is 4.98 Å². The molecule has 0 saturated heterocycles. The Labute approximate surface area is 115 Å². The Hall–Kier alpha value is -1.25. The molecule has 0 aliphatic carbocycles. The molecule has 0 radical (unpaired) electrons. The van der Waals surface area contributed by atoms with E-state index in [4.69, 9.17) is 23.2 Å². The molecule has 2 rings (SSSR count). The lowest BCUT2D eigenvalue weighted by Gasteiger charge is -2.07. The zero-order chi connectivity index (χ0) is 13.3. The maximum absolute atomic E-state index is 12.4. The molecule has 1 heterocycles. The third-order valence-electron chi connectivity index (χ3n) is 2.93. The lowest BCUT2D eigenvalue weighted by atomic mass is 10.0. The molecule has 0 aliphatic rings. The van der Waals surface area contributed by atoms with Crippen molar-refractivity contribution < 1.29 is 0 Å². The topological polar surface area (TPSA) is 32.9 Å². The average Bonchev–Trinajstić information content (AvgIpc) is 2.30. The predicted octanol–water partition coefficient (Wildman–Crippen LogP) is 4.01. The number of halogens is 2. The third-order valence-corrected chi connectivity index (χ3v) is 3.24. The Balaban J connectivity index is 2.67. The van der Waals surface area contributed by atoms with Gasteiger partial charge in [0.2, 0.25) is 0 Å². The van der Waals surface area contributed by atoms with Crippen molar-refractivity contribution in [1.82, 2.24) is 4.98 Å². The number of H-pyrrole nitrogens is 1. The standard InChI is InChI=1S/C14H13Cl2NO/c1-8-3-5-12-11(7-8)14(18)10(9(2)17-12)4-6-13(15)16/h3,5-7H,4H2,1-2H3,(H,17,18). The van der Waals surface area contributed by atoms with Gasteiger partial charge >= 0.3 is 0 Å². The van der Waals surface area contributed by atoms with Gasteiger partial charge in [0.15, 0.2) is 5.43 Å². The van der Waals surface area contributed by atoms with Crippen LogP contribution in [0.15, 0.2) is 33.6 Å². The SMILES string of the molecule is Cc1ccc2[nH]c(C)c(CC=C(Cl)Cl)c(=O)c2c1. The molecule has 2 aromatic rings.